The van der Waals surface area contributed by atoms with Gasteiger partial charge >= 0.3 is 5.97 Å². The van der Waals surface area contributed by atoms with E-state index in [0.29, 0.717) is 0 Å². The Balaban J connectivity index is 2.46. The van der Waals surface area contributed by atoms with Crippen molar-refractivity contribution in [2.45, 2.75) is 32.3 Å². The van der Waals surface area contributed by atoms with Gasteiger partial charge < -0.3 is 9.84 Å². The molecule has 0 saturated heterocycles. The van der Waals surface area contributed by atoms with Crippen LogP contribution in [0.2, 0.25) is 0 Å². The van der Waals surface area contributed by atoms with Crippen LogP contribution in [-0.2, 0) is 15.1 Å². The normalized spacial score (nSPS) is 19.8. The zero-order valence-corrected chi connectivity index (χ0v) is 11.8. The second-order valence-corrected chi connectivity index (χ2v) is 5.71. The second-order valence-electron chi connectivity index (χ2n) is 5.71. The summed E-state index contributed by atoms with van der Waals surface area (Å²) in [7, 11) is 1.38. The van der Waals surface area contributed by atoms with Gasteiger partial charge in [-0.1, -0.05) is 44.2 Å². The van der Waals surface area contributed by atoms with Crippen LogP contribution in [0.25, 0.3) is 0 Å². The fourth-order valence-electron chi connectivity index (χ4n) is 2.98. The molecule has 1 N–H and O–H groups in total. The van der Waals surface area contributed by atoms with Gasteiger partial charge in [0.2, 0.25) is 0 Å². The Morgan fingerprint density at radius 1 is 1.32 bits per heavy atom. The minimum absolute atomic E-state index is 0.0262. The maximum Gasteiger partial charge on any atom is 0.312 e. The molecule has 2 atom stereocenters. The Morgan fingerprint density at radius 2 is 1.89 bits per heavy atom. The van der Waals surface area contributed by atoms with Crippen LogP contribution in [0.3, 0.4) is 0 Å². The first-order valence-electron chi connectivity index (χ1n) is 6.87. The summed E-state index contributed by atoms with van der Waals surface area (Å²) in [6.07, 6.45) is 1.93. The molecule has 0 radical (unpaired) electrons. The Hall–Kier alpha value is -1.35. The van der Waals surface area contributed by atoms with E-state index in [4.69, 9.17) is 4.74 Å². The molecule has 19 heavy (non-hydrogen) atoms. The lowest BCUT2D eigenvalue weighted by molar-refractivity contribution is -0.163. The highest BCUT2D eigenvalue weighted by atomic mass is 16.5. The molecule has 1 saturated carbocycles. The standard InChI is InChI=1S/C16H22O3/c1-11(2)14(15(17)19-3)16(18,13-9-10-13)12-7-5-4-6-8-12/h4-8,11,13-14,18H,9-10H2,1-3H3. The second kappa shape index (κ2) is 5.33. The number of benzene rings is 1. The predicted molar refractivity (Wildman–Crippen MR) is 73.4 cm³/mol. The van der Waals surface area contributed by atoms with Crippen molar-refractivity contribution in [3.63, 3.8) is 0 Å². The fourth-order valence-corrected chi connectivity index (χ4v) is 2.98. The van der Waals surface area contributed by atoms with Crippen LogP contribution >= 0.6 is 0 Å². The van der Waals surface area contributed by atoms with Gasteiger partial charge in [0, 0.05) is 0 Å². The summed E-state index contributed by atoms with van der Waals surface area (Å²) in [6.45, 7) is 3.91. The summed E-state index contributed by atoms with van der Waals surface area (Å²) in [5, 5.41) is 11.3. The molecule has 0 aromatic heterocycles. The van der Waals surface area contributed by atoms with Gasteiger partial charge in [-0.05, 0) is 30.2 Å². The molecular weight excluding hydrogens is 240 g/mol. The number of rotatable bonds is 5. The van der Waals surface area contributed by atoms with Crippen molar-refractivity contribution in [3.05, 3.63) is 35.9 Å². The van der Waals surface area contributed by atoms with Crippen molar-refractivity contribution in [1.29, 1.82) is 0 Å². The molecule has 104 valence electrons. The van der Waals surface area contributed by atoms with Crippen molar-refractivity contribution in [2.75, 3.05) is 7.11 Å². The molecule has 2 unspecified atom stereocenters. The quantitative estimate of drug-likeness (QED) is 0.830. The minimum Gasteiger partial charge on any atom is -0.469 e. The zero-order chi connectivity index (χ0) is 14.0. The van der Waals surface area contributed by atoms with E-state index >= 15 is 0 Å². The van der Waals surface area contributed by atoms with Crippen LogP contribution in [0.5, 0.6) is 0 Å². The summed E-state index contributed by atoms with van der Waals surface area (Å²) in [4.78, 5) is 12.1. The largest absolute Gasteiger partial charge is 0.469 e. The van der Waals surface area contributed by atoms with E-state index in [1.54, 1.807) is 0 Å². The van der Waals surface area contributed by atoms with E-state index in [1.165, 1.54) is 7.11 Å². The first-order valence-corrected chi connectivity index (χ1v) is 6.87. The molecule has 1 aromatic carbocycles. The van der Waals surface area contributed by atoms with Crippen LogP contribution in [0.4, 0.5) is 0 Å². The van der Waals surface area contributed by atoms with Crippen molar-refractivity contribution < 1.29 is 14.6 Å². The lowest BCUT2D eigenvalue weighted by Gasteiger charge is -2.37. The highest BCUT2D eigenvalue weighted by molar-refractivity contribution is 5.74. The van der Waals surface area contributed by atoms with E-state index in [2.05, 4.69) is 0 Å². The van der Waals surface area contributed by atoms with Crippen molar-refractivity contribution >= 4 is 5.97 Å². The number of ether oxygens (including phenoxy) is 1. The molecule has 0 amide bonds. The Bertz CT molecular complexity index is 437. The maximum atomic E-state index is 12.1. The van der Waals surface area contributed by atoms with Gasteiger partial charge in [0.25, 0.3) is 0 Å². The molecule has 3 heteroatoms. The van der Waals surface area contributed by atoms with Gasteiger partial charge in [-0.25, -0.2) is 0 Å². The number of carbonyl (C=O) groups excluding carboxylic acids is 1. The van der Waals surface area contributed by atoms with Crippen molar-refractivity contribution in [3.8, 4) is 0 Å². The van der Waals surface area contributed by atoms with Gasteiger partial charge in [0.15, 0.2) is 0 Å². The molecule has 0 aliphatic heterocycles. The molecule has 1 aliphatic carbocycles. The van der Waals surface area contributed by atoms with Crippen LogP contribution in [0.15, 0.2) is 30.3 Å². The Labute approximate surface area is 114 Å². The highest BCUT2D eigenvalue weighted by Gasteiger charge is 2.54. The van der Waals surface area contributed by atoms with Gasteiger partial charge in [0.05, 0.1) is 13.0 Å². The predicted octanol–water partition coefficient (Wildman–Crippen LogP) is 2.73. The SMILES string of the molecule is COC(=O)C(C(C)C)C(O)(c1ccccc1)C1CC1. The molecule has 1 aliphatic rings. The fraction of sp³-hybridized carbons (Fsp3) is 0.562. The number of esters is 1. The molecule has 2 rings (SSSR count). The molecule has 0 spiro atoms. The van der Waals surface area contributed by atoms with Crippen LogP contribution in [0.1, 0.15) is 32.3 Å². The smallest absolute Gasteiger partial charge is 0.312 e. The third-order valence-electron chi connectivity index (χ3n) is 4.03. The average molecular weight is 262 g/mol. The number of hydrogen-bond donors (Lipinski definition) is 1. The van der Waals surface area contributed by atoms with Crippen LogP contribution in [-0.4, -0.2) is 18.2 Å². The van der Waals surface area contributed by atoms with E-state index < -0.39 is 11.5 Å². The topological polar surface area (TPSA) is 46.5 Å². The first-order chi connectivity index (χ1) is 9.01. The lowest BCUT2D eigenvalue weighted by atomic mass is 9.72. The maximum absolute atomic E-state index is 12.1. The summed E-state index contributed by atoms with van der Waals surface area (Å²) in [6, 6.07) is 9.52. The van der Waals surface area contributed by atoms with Gasteiger partial charge in [-0.2, -0.15) is 0 Å². The Kier molecular flexibility index (Phi) is 3.95. The third-order valence-corrected chi connectivity index (χ3v) is 4.03. The molecule has 1 aromatic rings. The molecular formula is C16H22O3. The molecule has 0 heterocycles. The van der Waals surface area contributed by atoms with Crippen molar-refractivity contribution in [2.24, 2.45) is 17.8 Å². The van der Waals surface area contributed by atoms with Crippen LogP contribution in [0, 0.1) is 17.8 Å². The molecule has 0 bridgehead atoms. The summed E-state index contributed by atoms with van der Waals surface area (Å²) < 4.78 is 4.92. The van der Waals surface area contributed by atoms with Crippen LogP contribution < -0.4 is 0 Å². The van der Waals surface area contributed by atoms with E-state index in [9.17, 15) is 9.90 Å². The summed E-state index contributed by atoms with van der Waals surface area (Å²) in [5.74, 6) is -0.666. The van der Waals surface area contributed by atoms with E-state index in [0.717, 1.165) is 18.4 Å². The number of carbonyl (C=O) groups is 1. The van der Waals surface area contributed by atoms with E-state index in [-0.39, 0.29) is 17.8 Å². The minimum atomic E-state index is -1.11. The highest BCUT2D eigenvalue weighted by Crippen LogP contribution is 2.52. The van der Waals surface area contributed by atoms with Gasteiger partial charge in [0.1, 0.15) is 5.60 Å². The number of hydrogen-bond acceptors (Lipinski definition) is 3. The summed E-state index contributed by atoms with van der Waals surface area (Å²) in [5.41, 5.74) is -0.288. The van der Waals surface area contributed by atoms with E-state index in [1.807, 2.05) is 44.2 Å². The Morgan fingerprint density at radius 3 is 2.32 bits per heavy atom. The molecule has 1 fully saturated rings. The average Bonchev–Trinajstić information content (AvgIpc) is 3.23. The van der Waals surface area contributed by atoms with Crippen molar-refractivity contribution in [1.82, 2.24) is 0 Å². The van der Waals surface area contributed by atoms with Gasteiger partial charge in [-0.15, -0.1) is 0 Å². The molecule has 3 nitrogen and oxygen atoms in total. The van der Waals surface area contributed by atoms with Gasteiger partial charge in [-0.3, -0.25) is 4.79 Å². The number of aliphatic hydroxyl groups is 1. The number of methoxy groups -OCH3 is 1. The lowest BCUT2D eigenvalue weighted by Crippen LogP contribution is -2.45. The third kappa shape index (κ3) is 2.52. The summed E-state index contributed by atoms with van der Waals surface area (Å²) >= 11 is 0. The monoisotopic (exact) mass is 262 g/mol. The first kappa shape index (κ1) is 14.1. The zero-order valence-electron chi connectivity index (χ0n) is 11.8.